The fourth-order valence-electron chi connectivity index (χ4n) is 5.19. The van der Waals surface area contributed by atoms with Gasteiger partial charge in [0.05, 0.1) is 18.9 Å². The number of aromatic nitrogens is 2. The van der Waals surface area contributed by atoms with Crippen molar-refractivity contribution in [1.29, 1.82) is 0 Å². The Hall–Kier alpha value is -4.01. The number of carbonyl (C=O) groups is 1. The predicted molar refractivity (Wildman–Crippen MR) is 151 cm³/mol. The maximum atomic E-state index is 13.9. The Kier molecular flexibility index (Phi) is 9.21. The van der Waals surface area contributed by atoms with Gasteiger partial charge in [-0.25, -0.2) is 9.37 Å². The van der Waals surface area contributed by atoms with Crippen molar-refractivity contribution in [3.05, 3.63) is 120 Å². The van der Waals surface area contributed by atoms with Crippen molar-refractivity contribution in [3.8, 4) is 5.75 Å². The summed E-state index contributed by atoms with van der Waals surface area (Å²) in [6.07, 6.45) is 4.71. The molecule has 5 rings (SSSR count). The summed E-state index contributed by atoms with van der Waals surface area (Å²) in [5.74, 6) is 0.597. The topological polar surface area (TPSA) is 70.8 Å². The molecule has 0 bridgehead atoms. The molecule has 1 saturated heterocycles. The minimum Gasteiger partial charge on any atom is -0.489 e. The van der Waals surface area contributed by atoms with Gasteiger partial charge in [-0.1, -0.05) is 54.6 Å². The molecule has 40 heavy (non-hydrogen) atoms. The number of nitrogens with zero attached hydrogens (tertiary/aromatic N) is 4. The van der Waals surface area contributed by atoms with Crippen LogP contribution in [0.25, 0.3) is 0 Å². The highest BCUT2D eigenvalue weighted by molar-refractivity contribution is 5.79. The lowest BCUT2D eigenvalue weighted by atomic mass is 10.0. The van der Waals surface area contributed by atoms with Crippen LogP contribution in [0.2, 0.25) is 0 Å². The quantitative estimate of drug-likeness (QED) is 0.286. The summed E-state index contributed by atoms with van der Waals surface area (Å²) in [5, 5.41) is 9.65. The van der Waals surface area contributed by atoms with Crippen LogP contribution in [0.4, 0.5) is 4.39 Å². The third kappa shape index (κ3) is 7.14. The number of amides is 1. The predicted octanol–water partition coefficient (Wildman–Crippen LogP) is 4.46. The fraction of sp³-hybridized carbons (Fsp3) is 0.312. The van der Waals surface area contributed by atoms with Gasteiger partial charge in [0.25, 0.3) is 0 Å². The van der Waals surface area contributed by atoms with E-state index in [9.17, 15) is 14.3 Å². The van der Waals surface area contributed by atoms with Crippen LogP contribution in [0.1, 0.15) is 34.8 Å². The Morgan fingerprint density at radius 1 is 0.975 bits per heavy atom. The molecule has 1 unspecified atom stereocenters. The standard InChI is InChI=1S/C32H35FN4O3/c33-28-10-5-9-27(19-28)31(13-17-38)37-24-34-20-29(37)12-14-35-15-16-36(32(39)22-35)21-26-8-4-11-30(18-26)40-23-25-6-2-1-3-7-25/h1-11,18-20,24,31,38H,12-17,21-23H2. The third-order valence-corrected chi connectivity index (χ3v) is 7.32. The number of piperazine rings is 1. The van der Waals surface area contributed by atoms with Crippen LogP contribution in [-0.2, 0) is 24.4 Å². The van der Waals surface area contributed by atoms with E-state index in [1.165, 1.54) is 12.1 Å². The van der Waals surface area contributed by atoms with Crippen LogP contribution in [0, 0.1) is 5.82 Å². The van der Waals surface area contributed by atoms with E-state index in [1.54, 1.807) is 12.4 Å². The van der Waals surface area contributed by atoms with Crippen molar-refractivity contribution in [1.82, 2.24) is 19.4 Å². The van der Waals surface area contributed by atoms with E-state index in [4.69, 9.17) is 4.74 Å². The van der Waals surface area contributed by atoms with Crippen LogP contribution >= 0.6 is 0 Å². The van der Waals surface area contributed by atoms with Gasteiger partial charge in [0.2, 0.25) is 5.91 Å². The van der Waals surface area contributed by atoms with Crippen molar-refractivity contribution in [2.24, 2.45) is 0 Å². The first-order valence-corrected chi connectivity index (χ1v) is 13.7. The molecule has 1 aliphatic rings. The molecular formula is C32H35FN4O3. The molecule has 0 aliphatic carbocycles. The summed E-state index contributed by atoms with van der Waals surface area (Å²) < 4.78 is 21.9. The van der Waals surface area contributed by atoms with Gasteiger partial charge in [-0.15, -0.1) is 0 Å². The van der Waals surface area contributed by atoms with E-state index in [-0.39, 0.29) is 24.4 Å². The Bertz CT molecular complexity index is 1390. The average Bonchev–Trinajstić information content (AvgIpc) is 3.44. The third-order valence-electron chi connectivity index (χ3n) is 7.32. The van der Waals surface area contributed by atoms with Crippen LogP contribution in [-0.4, -0.2) is 63.2 Å². The van der Waals surface area contributed by atoms with Crippen LogP contribution < -0.4 is 4.74 Å². The van der Waals surface area contributed by atoms with Crippen LogP contribution in [0.5, 0.6) is 5.75 Å². The molecule has 8 heteroatoms. The summed E-state index contributed by atoms with van der Waals surface area (Å²) in [6, 6.07) is 24.3. The van der Waals surface area contributed by atoms with Gasteiger partial charge in [-0.2, -0.15) is 0 Å². The van der Waals surface area contributed by atoms with Crippen molar-refractivity contribution >= 4 is 5.91 Å². The zero-order valence-electron chi connectivity index (χ0n) is 22.5. The van der Waals surface area contributed by atoms with Crippen molar-refractivity contribution in [2.75, 3.05) is 32.8 Å². The Balaban J connectivity index is 1.14. The van der Waals surface area contributed by atoms with E-state index in [1.807, 2.05) is 76.3 Å². The van der Waals surface area contributed by atoms with Crippen LogP contribution in [0.15, 0.2) is 91.4 Å². The highest BCUT2D eigenvalue weighted by Gasteiger charge is 2.25. The maximum Gasteiger partial charge on any atom is 0.237 e. The number of rotatable bonds is 12. The van der Waals surface area contributed by atoms with Crippen molar-refractivity contribution in [2.45, 2.75) is 32.0 Å². The number of hydrogen-bond donors (Lipinski definition) is 1. The molecule has 1 fully saturated rings. The molecule has 0 saturated carbocycles. The lowest BCUT2D eigenvalue weighted by Crippen LogP contribution is -2.50. The van der Waals surface area contributed by atoms with Crippen molar-refractivity contribution in [3.63, 3.8) is 0 Å². The highest BCUT2D eigenvalue weighted by Crippen LogP contribution is 2.25. The lowest BCUT2D eigenvalue weighted by Gasteiger charge is -2.34. The smallest absolute Gasteiger partial charge is 0.237 e. The van der Waals surface area contributed by atoms with Crippen LogP contribution in [0.3, 0.4) is 0 Å². The summed E-state index contributed by atoms with van der Waals surface area (Å²) in [6.45, 7) is 3.56. The first kappa shape index (κ1) is 27.6. The van der Waals surface area contributed by atoms with E-state index < -0.39 is 0 Å². The Morgan fingerprint density at radius 3 is 2.60 bits per heavy atom. The molecule has 208 valence electrons. The number of ether oxygens (including phenoxy) is 1. The number of imidazole rings is 1. The number of halogens is 1. The summed E-state index contributed by atoms with van der Waals surface area (Å²) in [5.41, 5.74) is 3.94. The number of benzene rings is 3. The van der Waals surface area contributed by atoms with Gasteiger partial charge >= 0.3 is 0 Å². The normalized spacial score (nSPS) is 14.8. The second kappa shape index (κ2) is 13.4. The monoisotopic (exact) mass is 542 g/mol. The van der Waals surface area contributed by atoms with E-state index in [2.05, 4.69) is 9.88 Å². The molecule has 3 aromatic carbocycles. The minimum atomic E-state index is -0.301. The fourth-order valence-corrected chi connectivity index (χ4v) is 5.19. The van der Waals surface area contributed by atoms with Gasteiger partial charge in [-0.3, -0.25) is 9.69 Å². The number of aliphatic hydroxyl groups excluding tert-OH is 1. The molecule has 7 nitrogen and oxygen atoms in total. The molecule has 2 heterocycles. The van der Waals surface area contributed by atoms with Gasteiger partial charge < -0.3 is 19.3 Å². The maximum absolute atomic E-state index is 13.9. The molecule has 0 radical (unpaired) electrons. The zero-order valence-corrected chi connectivity index (χ0v) is 22.5. The Labute approximate surface area is 234 Å². The number of carbonyl (C=O) groups excluding carboxylic acids is 1. The molecule has 0 spiro atoms. The molecule has 1 aliphatic heterocycles. The average molecular weight is 543 g/mol. The van der Waals surface area contributed by atoms with Crippen molar-refractivity contribution < 1.29 is 19.0 Å². The molecule has 1 aromatic heterocycles. The summed E-state index contributed by atoms with van der Waals surface area (Å²) in [4.78, 5) is 21.4. The second-order valence-corrected chi connectivity index (χ2v) is 10.1. The highest BCUT2D eigenvalue weighted by atomic mass is 19.1. The minimum absolute atomic E-state index is 0.0165. The molecule has 1 atom stereocenters. The van der Waals surface area contributed by atoms with E-state index in [0.717, 1.165) is 34.7 Å². The summed E-state index contributed by atoms with van der Waals surface area (Å²) in [7, 11) is 0. The van der Waals surface area contributed by atoms with E-state index in [0.29, 0.717) is 45.6 Å². The zero-order chi connectivity index (χ0) is 27.7. The van der Waals surface area contributed by atoms with E-state index >= 15 is 0 Å². The number of hydrogen-bond acceptors (Lipinski definition) is 5. The van der Waals surface area contributed by atoms with Gasteiger partial charge in [0.1, 0.15) is 18.2 Å². The number of aliphatic hydroxyl groups is 1. The molecule has 1 amide bonds. The lowest BCUT2D eigenvalue weighted by molar-refractivity contribution is -0.136. The SMILES string of the molecule is O=C1CN(CCc2cncn2C(CCO)c2cccc(F)c2)CCN1Cc1cccc(OCc2ccccc2)c1. The summed E-state index contributed by atoms with van der Waals surface area (Å²) >= 11 is 0. The molecule has 4 aromatic rings. The first-order valence-electron chi connectivity index (χ1n) is 13.7. The van der Waals surface area contributed by atoms with Gasteiger partial charge in [0, 0.05) is 51.1 Å². The van der Waals surface area contributed by atoms with Gasteiger partial charge in [-0.05, 0) is 47.4 Å². The molecular weight excluding hydrogens is 507 g/mol. The second-order valence-electron chi connectivity index (χ2n) is 10.1. The largest absolute Gasteiger partial charge is 0.489 e. The van der Waals surface area contributed by atoms with Gasteiger partial charge in [0.15, 0.2) is 0 Å². The Morgan fingerprint density at radius 2 is 1.80 bits per heavy atom. The molecule has 1 N–H and O–H groups in total. The first-order chi connectivity index (χ1) is 19.6.